The molecule has 0 bridgehead atoms. The fourth-order valence-electron chi connectivity index (χ4n) is 2.22. The topological polar surface area (TPSA) is 48.2 Å². The third kappa shape index (κ3) is 2.80. The predicted molar refractivity (Wildman–Crippen MR) is 71.2 cm³/mol. The third-order valence-corrected chi connectivity index (χ3v) is 3.73. The summed E-state index contributed by atoms with van der Waals surface area (Å²) in [5, 5.41) is 3.64. The monoisotopic (exact) mass is 278 g/mol. The highest BCUT2D eigenvalue weighted by Crippen LogP contribution is 2.29. The van der Waals surface area contributed by atoms with E-state index >= 15 is 0 Å². The molecular weight excluding hydrogens is 264 g/mol. The van der Waals surface area contributed by atoms with Gasteiger partial charge in [0, 0.05) is 12.5 Å². The van der Waals surface area contributed by atoms with Crippen molar-refractivity contribution in [1.29, 1.82) is 0 Å². The Morgan fingerprint density at radius 1 is 1.26 bits per heavy atom. The van der Waals surface area contributed by atoms with E-state index in [4.69, 9.17) is 20.9 Å². The minimum absolute atomic E-state index is 0.228. The van der Waals surface area contributed by atoms with Crippen LogP contribution in [0.15, 0.2) is 34.9 Å². The van der Waals surface area contributed by atoms with Crippen LogP contribution in [0.3, 0.4) is 0 Å². The zero-order chi connectivity index (χ0) is 13.1. The van der Waals surface area contributed by atoms with Gasteiger partial charge >= 0.3 is 0 Å². The molecule has 1 aromatic heterocycles. The Labute approximate surface area is 116 Å². The van der Waals surface area contributed by atoms with Crippen LogP contribution in [-0.4, -0.2) is 23.4 Å². The Hall–Kier alpha value is -1.39. The normalized spacial score (nSPS) is 21.2. The van der Waals surface area contributed by atoms with Gasteiger partial charge in [-0.1, -0.05) is 35.5 Å². The Morgan fingerprint density at radius 3 is 2.84 bits per heavy atom. The van der Waals surface area contributed by atoms with Gasteiger partial charge in [0.2, 0.25) is 5.89 Å². The Bertz CT molecular complexity index is 523. The summed E-state index contributed by atoms with van der Waals surface area (Å²) >= 11 is 6.36. The lowest BCUT2D eigenvalue weighted by molar-refractivity contribution is 0.0773. The van der Waals surface area contributed by atoms with Gasteiger partial charge in [-0.25, -0.2) is 0 Å². The number of ether oxygens (including phenoxy) is 1. The summed E-state index contributed by atoms with van der Waals surface area (Å²) in [7, 11) is 0. The molecule has 2 atom stereocenters. The second-order valence-corrected chi connectivity index (χ2v) is 5.11. The molecule has 1 saturated heterocycles. The molecule has 0 saturated carbocycles. The highest BCUT2D eigenvalue weighted by molar-refractivity contribution is 6.22. The lowest BCUT2D eigenvalue weighted by Crippen LogP contribution is -2.16. The number of hydrogen-bond donors (Lipinski definition) is 0. The fraction of sp³-hybridized carbons (Fsp3) is 0.429. The maximum atomic E-state index is 6.36. The van der Waals surface area contributed by atoms with Gasteiger partial charge in [0.15, 0.2) is 5.82 Å². The van der Waals surface area contributed by atoms with Gasteiger partial charge in [0.25, 0.3) is 0 Å². The summed E-state index contributed by atoms with van der Waals surface area (Å²) in [6, 6.07) is 9.73. The number of nitrogens with zero attached hydrogens (tertiary/aromatic N) is 2. The maximum absolute atomic E-state index is 6.36. The molecule has 2 unspecified atom stereocenters. The molecule has 0 N–H and O–H groups in total. The number of alkyl halides is 1. The summed E-state index contributed by atoms with van der Waals surface area (Å²) < 4.78 is 10.7. The molecule has 1 aliphatic heterocycles. The minimum Gasteiger partial charge on any atom is -0.381 e. The van der Waals surface area contributed by atoms with Crippen LogP contribution < -0.4 is 0 Å². The fourth-order valence-corrected chi connectivity index (χ4v) is 2.46. The van der Waals surface area contributed by atoms with Gasteiger partial charge in [0.1, 0.15) is 5.38 Å². The van der Waals surface area contributed by atoms with E-state index < -0.39 is 5.38 Å². The molecule has 19 heavy (non-hydrogen) atoms. The molecule has 1 aliphatic rings. The van der Waals surface area contributed by atoms with Crippen molar-refractivity contribution in [3.8, 4) is 0 Å². The molecular formula is C14H15ClN2O2. The van der Waals surface area contributed by atoms with Crippen LogP contribution in [0.4, 0.5) is 0 Å². The minimum atomic E-state index is -0.396. The molecule has 2 aromatic rings. The Balaban J connectivity index is 1.77. The van der Waals surface area contributed by atoms with E-state index in [1.807, 2.05) is 30.3 Å². The van der Waals surface area contributed by atoms with E-state index in [-0.39, 0.29) is 5.92 Å². The van der Waals surface area contributed by atoms with E-state index in [9.17, 15) is 0 Å². The molecule has 4 nitrogen and oxygen atoms in total. The number of halogens is 1. The molecule has 0 aliphatic carbocycles. The van der Waals surface area contributed by atoms with Crippen molar-refractivity contribution in [2.75, 3.05) is 13.2 Å². The standard InChI is InChI=1S/C14H15ClN2O2/c15-12(10-5-2-1-3-6-10)14-16-13(17-19-14)11-7-4-8-18-9-11/h1-3,5-6,11-12H,4,7-9H2. The van der Waals surface area contributed by atoms with E-state index in [1.54, 1.807) is 0 Å². The summed E-state index contributed by atoms with van der Waals surface area (Å²) in [6.45, 7) is 1.49. The van der Waals surface area contributed by atoms with Crippen LogP contribution in [0, 0.1) is 0 Å². The second kappa shape index (κ2) is 5.72. The largest absolute Gasteiger partial charge is 0.381 e. The number of aromatic nitrogens is 2. The molecule has 1 fully saturated rings. The first-order chi connectivity index (χ1) is 9.34. The first-order valence-corrected chi connectivity index (χ1v) is 6.88. The highest BCUT2D eigenvalue weighted by Gasteiger charge is 2.24. The summed E-state index contributed by atoms with van der Waals surface area (Å²) in [6.07, 6.45) is 2.08. The lowest BCUT2D eigenvalue weighted by atomic mass is 10.0. The second-order valence-electron chi connectivity index (χ2n) is 4.68. The Morgan fingerprint density at radius 2 is 2.11 bits per heavy atom. The van der Waals surface area contributed by atoms with Gasteiger partial charge in [-0.2, -0.15) is 4.98 Å². The van der Waals surface area contributed by atoms with Crippen LogP contribution in [0.1, 0.15) is 41.4 Å². The van der Waals surface area contributed by atoms with Crippen molar-refractivity contribution in [2.45, 2.75) is 24.1 Å². The molecule has 2 heterocycles. The molecule has 5 heteroatoms. The SMILES string of the molecule is ClC(c1ccccc1)c1nc(C2CCCOC2)no1. The van der Waals surface area contributed by atoms with E-state index in [2.05, 4.69) is 10.1 Å². The smallest absolute Gasteiger partial charge is 0.249 e. The van der Waals surface area contributed by atoms with Gasteiger partial charge < -0.3 is 9.26 Å². The van der Waals surface area contributed by atoms with Gasteiger partial charge in [-0.3, -0.25) is 0 Å². The molecule has 0 spiro atoms. The quantitative estimate of drug-likeness (QED) is 0.809. The zero-order valence-electron chi connectivity index (χ0n) is 10.5. The van der Waals surface area contributed by atoms with Crippen LogP contribution in [0.25, 0.3) is 0 Å². The third-order valence-electron chi connectivity index (χ3n) is 3.29. The first kappa shape index (κ1) is 12.6. The zero-order valence-corrected chi connectivity index (χ0v) is 11.2. The van der Waals surface area contributed by atoms with Crippen molar-refractivity contribution < 1.29 is 9.26 Å². The van der Waals surface area contributed by atoms with Crippen molar-refractivity contribution in [3.05, 3.63) is 47.6 Å². The first-order valence-electron chi connectivity index (χ1n) is 6.45. The molecule has 1 aromatic carbocycles. The van der Waals surface area contributed by atoms with Crippen molar-refractivity contribution in [1.82, 2.24) is 10.1 Å². The number of hydrogen-bond acceptors (Lipinski definition) is 4. The van der Waals surface area contributed by atoms with Crippen molar-refractivity contribution in [2.24, 2.45) is 0 Å². The van der Waals surface area contributed by atoms with E-state index in [0.717, 1.165) is 25.0 Å². The predicted octanol–water partition coefficient (Wildman–Crippen LogP) is 3.29. The van der Waals surface area contributed by atoms with Crippen LogP contribution >= 0.6 is 11.6 Å². The average Bonchev–Trinajstić information content (AvgIpc) is 2.98. The van der Waals surface area contributed by atoms with Gasteiger partial charge in [-0.05, 0) is 18.4 Å². The highest BCUT2D eigenvalue weighted by atomic mass is 35.5. The van der Waals surface area contributed by atoms with Crippen molar-refractivity contribution in [3.63, 3.8) is 0 Å². The lowest BCUT2D eigenvalue weighted by Gasteiger charge is -2.18. The summed E-state index contributed by atoms with van der Waals surface area (Å²) in [4.78, 5) is 4.42. The van der Waals surface area contributed by atoms with Crippen LogP contribution in [-0.2, 0) is 4.74 Å². The van der Waals surface area contributed by atoms with E-state index in [1.165, 1.54) is 0 Å². The maximum Gasteiger partial charge on any atom is 0.249 e. The average molecular weight is 279 g/mol. The van der Waals surface area contributed by atoms with Gasteiger partial charge in [0.05, 0.1) is 6.61 Å². The summed E-state index contributed by atoms with van der Waals surface area (Å²) in [5.74, 6) is 1.38. The van der Waals surface area contributed by atoms with E-state index in [0.29, 0.717) is 18.3 Å². The van der Waals surface area contributed by atoms with Crippen molar-refractivity contribution >= 4 is 11.6 Å². The van der Waals surface area contributed by atoms with Gasteiger partial charge in [-0.15, -0.1) is 11.6 Å². The molecule has 100 valence electrons. The molecule has 3 rings (SSSR count). The molecule has 0 amide bonds. The molecule has 0 radical (unpaired) electrons. The summed E-state index contributed by atoms with van der Waals surface area (Å²) in [5.41, 5.74) is 0.958. The van der Waals surface area contributed by atoms with Crippen LogP contribution in [0.5, 0.6) is 0 Å². The number of rotatable bonds is 3. The Kier molecular flexibility index (Phi) is 3.80. The number of benzene rings is 1. The van der Waals surface area contributed by atoms with Crippen LogP contribution in [0.2, 0.25) is 0 Å².